The van der Waals surface area contributed by atoms with Crippen LogP contribution in [0.4, 0.5) is 0 Å². The number of likely N-dealkylation sites (tertiary alicyclic amines) is 1. The molecule has 1 fully saturated rings. The third kappa shape index (κ3) is 3.18. The molecule has 88 valence electrons. The highest BCUT2D eigenvalue weighted by atomic mass is 127. The third-order valence-corrected chi connectivity index (χ3v) is 4.14. The second kappa shape index (κ2) is 5.47. The Hall–Kier alpha value is -0.130. The Labute approximate surface area is 111 Å². The molecule has 2 rings (SSSR count). The lowest BCUT2D eigenvalue weighted by Crippen LogP contribution is -2.47. The minimum Gasteiger partial charge on any atom is -0.326 e. The van der Waals surface area contributed by atoms with Gasteiger partial charge in [0.25, 0.3) is 0 Å². The van der Waals surface area contributed by atoms with Crippen LogP contribution in [0.15, 0.2) is 24.3 Å². The van der Waals surface area contributed by atoms with Gasteiger partial charge in [-0.3, -0.25) is 4.90 Å². The van der Waals surface area contributed by atoms with Gasteiger partial charge in [0.1, 0.15) is 0 Å². The molecule has 0 aromatic heterocycles. The van der Waals surface area contributed by atoms with Crippen molar-refractivity contribution in [1.82, 2.24) is 4.90 Å². The van der Waals surface area contributed by atoms with Gasteiger partial charge in [-0.15, -0.1) is 0 Å². The van der Waals surface area contributed by atoms with Gasteiger partial charge < -0.3 is 5.73 Å². The van der Waals surface area contributed by atoms with E-state index < -0.39 is 0 Å². The highest BCUT2D eigenvalue weighted by molar-refractivity contribution is 14.1. The van der Waals surface area contributed by atoms with Crippen LogP contribution < -0.4 is 5.73 Å². The van der Waals surface area contributed by atoms with Crippen molar-refractivity contribution in [1.29, 1.82) is 0 Å². The molecule has 1 aromatic rings. The summed E-state index contributed by atoms with van der Waals surface area (Å²) < 4.78 is 1.30. The van der Waals surface area contributed by atoms with Crippen molar-refractivity contribution in [3.8, 4) is 0 Å². The number of piperidine rings is 1. The fraction of sp³-hybridized carbons (Fsp3) is 0.538. The topological polar surface area (TPSA) is 29.3 Å². The van der Waals surface area contributed by atoms with Crippen LogP contribution in [0.1, 0.15) is 18.9 Å². The van der Waals surface area contributed by atoms with Gasteiger partial charge in [0.2, 0.25) is 0 Å². The second-order valence-corrected chi connectivity index (χ2v) is 6.04. The van der Waals surface area contributed by atoms with Crippen molar-refractivity contribution in [2.75, 3.05) is 13.1 Å². The largest absolute Gasteiger partial charge is 0.326 e. The quantitative estimate of drug-likeness (QED) is 0.844. The molecule has 1 aliphatic rings. The second-order valence-electron chi connectivity index (χ2n) is 4.79. The smallest absolute Gasteiger partial charge is 0.0234 e. The van der Waals surface area contributed by atoms with Gasteiger partial charge in [0.15, 0.2) is 0 Å². The molecule has 0 saturated carbocycles. The van der Waals surface area contributed by atoms with Crippen molar-refractivity contribution < 1.29 is 0 Å². The van der Waals surface area contributed by atoms with Gasteiger partial charge in [-0.1, -0.05) is 19.1 Å². The molecule has 2 atom stereocenters. The van der Waals surface area contributed by atoms with Crippen LogP contribution >= 0.6 is 22.6 Å². The van der Waals surface area contributed by atoms with E-state index in [2.05, 4.69) is 58.7 Å². The maximum absolute atomic E-state index is 6.10. The fourth-order valence-electron chi connectivity index (χ4n) is 2.16. The molecule has 0 bridgehead atoms. The van der Waals surface area contributed by atoms with Crippen LogP contribution in [-0.2, 0) is 6.54 Å². The summed E-state index contributed by atoms with van der Waals surface area (Å²) in [6.07, 6.45) is 1.23. The average molecular weight is 330 g/mol. The molecule has 1 saturated heterocycles. The number of benzene rings is 1. The summed E-state index contributed by atoms with van der Waals surface area (Å²) in [6, 6.07) is 9.11. The molecule has 1 aliphatic heterocycles. The van der Waals surface area contributed by atoms with Gasteiger partial charge >= 0.3 is 0 Å². The van der Waals surface area contributed by atoms with Gasteiger partial charge in [-0.25, -0.2) is 0 Å². The summed E-state index contributed by atoms with van der Waals surface area (Å²) in [5.74, 6) is 0.674. The first-order valence-electron chi connectivity index (χ1n) is 5.87. The summed E-state index contributed by atoms with van der Waals surface area (Å²) in [7, 11) is 0. The molecule has 1 aromatic carbocycles. The standard InChI is InChI=1S/C13H19IN2/c1-10-6-7-16(9-13(10)15)8-11-2-4-12(14)5-3-11/h2-5,10,13H,6-9,15H2,1H3. The minimum absolute atomic E-state index is 0.345. The maximum atomic E-state index is 6.10. The summed E-state index contributed by atoms with van der Waals surface area (Å²) in [5.41, 5.74) is 7.49. The van der Waals surface area contributed by atoms with Crippen LogP contribution in [0.2, 0.25) is 0 Å². The lowest BCUT2D eigenvalue weighted by molar-refractivity contribution is 0.162. The Morgan fingerprint density at radius 3 is 2.69 bits per heavy atom. The van der Waals surface area contributed by atoms with Crippen molar-refractivity contribution >= 4 is 22.6 Å². The molecule has 2 nitrogen and oxygen atoms in total. The lowest BCUT2D eigenvalue weighted by Gasteiger charge is -2.35. The fourth-order valence-corrected chi connectivity index (χ4v) is 2.52. The van der Waals surface area contributed by atoms with Crippen LogP contribution in [0.3, 0.4) is 0 Å². The van der Waals surface area contributed by atoms with Crippen LogP contribution in [-0.4, -0.2) is 24.0 Å². The number of hydrogen-bond donors (Lipinski definition) is 1. The van der Waals surface area contributed by atoms with E-state index in [-0.39, 0.29) is 0 Å². The van der Waals surface area contributed by atoms with E-state index >= 15 is 0 Å². The maximum Gasteiger partial charge on any atom is 0.0234 e. The van der Waals surface area contributed by atoms with Crippen LogP contribution in [0, 0.1) is 9.49 Å². The van der Waals surface area contributed by atoms with E-state index in [1.54, 1.807) is 0 Å². The summed E-state index contributed by atoms with van der Waals surface area (Å²) in [4.78, 5) is 2.47. The van der Waals surface area contributed by atoms with Gasteiger partial charge in [-0.05, 0) is 59.2 Å². The molecule has 3 heteroatoms. The Balaban J connectivity index is 1.93. The van der Waals surface area contributed by atoms with Crippen LogP contribution in [0.25, 0.3) is 0 Å². The van der Waals surface area contributed by atoms with Crippen LogP contribution in [0.5, 0.6) is 0 Å². The molecular weight excluding hydrogens is 311 g/mol. The first-order chi connectivity index (χ1) is 7.65. The Kier molecular flexibility index (Phi) is 4.21. The van der Waals surface area contributed by atoms with E-state index in [4.69, 9.17) is 5.73 Å². The SMILES string of the molecule is CC1CCN(Cc2ccc(I)cc2)CC1N. The Morgan fingerprint density at radius 1 is 1.38 bits per heavy atom. The molecule has 16 heavy (non-hydrogen) atoms. The van der Waals surface area contributed by atoms with E-state index in [9.17, 15) is 0 Å². The van der Waals surface area contributed by atoms with Gasteiger partial charge in [0.05, 0.1) is 0 Å². The number of rotatable bonds is 2. The molecule has 0 amide bonds. The number of nitrogens with two attached hydrogens (primary N) is 1. The summed E-state index contributed by atoms with van der Waals surface area (Å²) in [6.45, 7) is 5.51. The molecule has 2 N–H and O–H groups in total. The molecule has 1 heterocycles. The molecular formula is C13H19IN2. The molecule has 0 spiro atoms. The predicted molar refractivity (Wildman–Crippen MR) is 76.2 cm³/mol. The van der Waals surface area contributed by atoms with E-state index in [1.807, 2.05) is 0 Å². The zero-order chi connectivity index (χ0) is 11.5. The normalized spacial score (nSPS) is 26.9. The van der Waals surface area contributed by atoms with Crippen molar-refractivity contribution in [2.24, 2.45) is 11.7 Å². The molecule has 2 unspecified atom stereocenters. The zero-order valence-electron chi connectivity index (χ0n) is 9.70. The highest BCUT2D eigenvalue weighted by Gasteiger charge is 2.22. The van der Waals surface area contributed by atoms with Crippen molar-refractivity contribution in [2.45, 2.75) is 25.9 Å². The number of halogens is 1. The molecule has 0 aliphatic carbocycles. The Morgan fingerprint density at radius 2 is 2.06 bits per heavy atom. The summed E-state index contributed by atoms with van der Waals surface area (Å²) in [5, 5.41) is 0. The average Bonchev–Trinajstić information content (AvgIpc) is 2.27. The Bertz CT molecular complexity index is 336. The lowest BCUT2D eigenvalue weighted by atomic mass is 9.94. The van der Waals surface area contributed by atoms with E-state index in [0.717, 1.165) is 13.1 Å². The highest BCUT2D eigenvalue weighted by Crippen LogP contribution is 2.18. The zero-order valence-corrected chi connectivity index (χ0v) is 11.9. The van der Waals surface area contributed by atoms with Gasteiger partial charge in [-0.2, -0.15) is 0 Å². The van der Waals surface area contributed by atoms with Crippen molar-refractivity contribution in [3.63, 3.8) is 0 Å². The number of hydrogen-bond acceptors (Lipinski definition) is 2. The van der Waals surface area contributed by atoms with E-state index in [1.165, 1.54) is 22.1 Å². The predicted octanol–water partition coefficient (Wildman–Crippen LogP) is 2.46. The van der Waals surface area contributed by atoms with Gasteiger partial charge in [0, 0.05) is 22.7 Å². The number of nitrogens with zero attached hydrogens (tertiary/aromatic N) is 1. The minimum atomic E-state index is 0.345. The molecule has 0 radical (unpaired) electrons. The first kappa shape index (κ1) is 12.3. The summed E-state index contributed by atoms with van der Waals surface area (Å²) >= 11 is 2.34. The monoisotopic (exact) mass is 330 g/mol. The van der Waals surface area contributed by atoms with Crippen molar-refractivity contribution in [3.05, 3.63) is 33.4 Å². The first-order valence-corrected chi connectivity index (χ1v) is 6.95. The third-order valence-electron chi connectivity index (χ3n) is 3.42. The van der Waals surface area contributed by atoms with E-state index in [0.29, 0.717) is 12.0 Å².